The van der Waals surface area contributed by atoms with E-state index in [1.807, 2.05) is 73.3 Å². The van der Waals surface area contributed by atoms with Crippen LogP contribution in [-0.4, -0.2) is 21.5 Å². The molecule has 1 amide bonds. The first-order chi connectivity index (χ1) is 10.6. The third-order valence-corrected chi connectivity index (χ3v) is 4.18. The minimum Gasteiger partial charge on any atom is -0.349 e. The van der Waals surface area contributed by atoms with Gasteiger partial charge in [0.15, 0.2) is 5.13 Å². The van der Waals surface area contributed by atoms with Gasteiger partial charge in [-0.15, -0.1) is 0 Å². The van der Waals surface area contributed by atoms with Gasteiger partial charge in [-0.3, -0.25) is 4.79 Å². The largest absolute Gasteiger partial charge is 0.349 e. The molecule has 0 aliphatic rings. The summed E-state index contributed by atoms with van der Waals surface area (Å²) in [6, 6.07) is 13.8. The van der Waals surface area contributed by atoms with Crippen molar-refractivity contribution in [2.75, 3.05) is 0 Å². The van der Waals surface area contributed by atoms with Gasteiger partial charge in [0.2, 0.25) is 0 Å². The molecule has 3 rings (SSSR count). The van der Waals surface area contributed by atoms with E-state index in [-0.39, 0.29) is 11.9 Å². The second kappa shape index (κ2) is 6.15. The molecule has 0 radical (unpaired) electrons. The van der Waals surface area contributed by atoms with Gasteiger partial charge >= 0.3 is 0 Å². The first-order valence-electron chi connectivity index (χ1n) is 7.15. The number of nitrogens with one attached hydrogen (secondary N) is 1. The second-order valence-corrected chi connectivity index (χ2v) is 6.24. The van der Waals surface area contributed by atoms with Gasteiger partial charge in [0, 0.05) is 24.0 Å². The zero-order valence-electron chi connectivity index (χ0n) is 12.5. The summed E-state index contributed by atoms with van der Waals surface area (Å²) in [7, 11) is 0. The average molecular weight is 311 g/mol. The number of carbonyl (C=O) groups is 1. The van der Waals surface area contributed by atoms with Gasteiger partial charge in [-0.25, -0.2) is 4.98 Å². The Morgan fingerprint density at radius 2 is 1.82 bits per heavy atom. The van der Waals surface area contributed by atoms with Gasteiger partial charge in [-0.1, -0.05) is 41.7 Å². The van der Waals surface area contributed by atoms with Gasteiger partial charge in [0.1, 0.15) is 4.88 Å². The highest BCUT2D eigenvalue weighted by Gasteiger charge is 2.20. The van der Waals surface area contributed by atoms with Crippen molar-refractivity contribution >= 4 is 17.2 Å². The van der Waals surface area contributed by atoms with Gasteiger partial charge < -0.3 is 9.88 Å². The Labute approximate surface area is 133 Å². The lowest BCUT2D eigenvalue weighted by Gasteiger charge is -2.07. The smallest absolute Gasteiger partial charge is 0.263 e. The van der Waals surface area contributed by atoms with Crippen LogP contribution in [0.15, 0.2) is 54.9 Å². The van der Waals surface area contributed by atoms with Gasteiger partial charge in [0.25, 0.3) is 5.91 Å². The maximum Gasteiger partial charge on any atom is 0.263 e. The minimum atomic E-state index is -0.0789. The normalized spacial score (nSPS) is 10.9. The van der Waals surface area contributed by atoms with E-state index in [0.717, 1.165) is 16.4 Å². The first kappa shape index (κ1) is 14.5. The molecule has 0 spiro atoms. The molecule has 4 nitrogen and oxygen atoms in total. The molecule has 0 bridgehead atoms. The molecule has 0 aliphatic carbocycles. The van der Waals surface area contributed by atoms with E-state index in [1.54, 1.807) is 0 Å². The van der Waals surface area contributed by atoms with Gasteiger partial charge in [0.05, 0.1) is 5.69 Å². The van der Waals surface area contributed by atoms with Crippen LogP contribution in [0.1, 0.15) is 23.5 Å². The van der Waals surface area contributed by atoms with Crippen LogP contribution >= 0.6 is 11.3 Å². The molecule has 5 heteroatoms. The van der Waals surface area contributed by atoms with Crippen LogP contribution < -0.4 is 5.32 Å². The predicted molar refractivity (Wildman–Crippen MR) is 89.5 cm³/mol. The molecule has 22 heavy (non-hydrogen) atoms. The SMILES string of the molecule is CC(C)NC(=O)c1sc(-n2cccc2)nc1-c1ccccc1. The van der Waals surface area contributed by atoms with E-state index in [1.165, 1.54) is 11.3 Å². The standard InChI is InChI=1S/C17H17N3OS/c1-12(2)18-16(21)15-14(13-8-4-3-5-9-13)19-17(22-15)20-10-6-7-11-20/h3-12H,1-2H3,(H,18,21). The van der Waals surface area contributed by atoms with Crippen LogP contribution in [-0.2, 0) is 0 Å². The molecule has 0 saturated heterocycles. The zero-order valence-corrected chi connectivity index (χ0v) is 13.3. The lowest BCUT2D eigenvalue weighted by Crippen LogP contribution is -2.29. The first-order valence-corrected chi connectivity index (χ1v) is 7.97. The molecule has 1 N–H and O–H groups in total. The summed E-state index contributed by atoms with van der Waals surface area (Å²) < 4.78 is 1.92. The highest BCUT2D eigenvalue weighted by molar-refractivity contribution is 7.16. The van der Waals surface area contributed by atoms with Gasteiger partial charge in [-0.2, -0.15) is 0 Å². The Morgan fingerprint density at radius 1 is 1.14 bits per heavy atom. The number of aromatic nitrogens is 2. The molecular formula is C17H17N3OS. The topological polar surface area (TPSA) is 46.9 Å². The molecule has 3 aromatic rings. The fourth-order valence-electron chi connectivity index (χ4n) is 2.15. The van der Waals surface area contributed by atoms with Crippen LogP contribution in [0.5, 0.6) is 0 Å². The average Bonchev–Trinajstić information content (AvgIpc) is 3.16. The van der Waals surface area contributed by atoms with Gasteiger partial charge in [-0.05, 0) is 26.0 Å². The number of hydrogen-bond acceptors (Lipinski definition) is 3. The Kier molecular flexibility index (Phi) is 4.06. The second-order valence-electron chi connectivity index (χ2n) is 5.26. The van der Waals surface area contributed by atoms with Crippen molar-refractivity contribution in [3.05, 3.63) is 59.7 Å². The number of thiazole rings is 1. The van der Waals surface area contributed by atoms with Crippen molar-refractivity contribution in [3.63, 3.8) is 0 Å². The molecule has 0 unspecified atom stereocenters. The van der Waals surface area contributed by atoms with Crippen LogP contribution in [0.2, 0.25) is 0 Å². The molecule has 2 heterocycles. The fourth-order valence-corrected chi connectivity index (χ4v) is 3.11. The highest BCUT2D eigenvalue weighted by Crippen LogP contribution is 2.30. The van der Waals surface area contributed by atoms with E-state index in [4.69, 9.17) is 0 Å². The number of amides is 1. The van der Waals surface area contributed by atoms with Crippen LogP contribution in [0, 0.1) is 0 Å². The molecule has 0 aliphatic heterocycles. The lowest BCUT2D eigenvalue weighted by molar-refractivity contribution is 0.0947. The Balaban J connectivity index is 2.08. The molecule has 0 atom stereocenters. The Hall–Kier alpha value is -2.40. The van der Waals surface area contributed by atoms with Crippen LogP contribution in [0.4, 0.5) is 0 Å². The van der Waals surface area contributed by atoms with Crippen LogP contribution in [0.25, 0.3) is 16.4 Å². The van der Waals surface area contributed by atoms with Crippen molar-refractivity contribution in [2.45, 2.75) is 19.9 Å². The van der Waals surface area contributed by atoms with Crippen LogP contribution in [0.3, 0.4) is 0 Å². The fraction of sp³-hybridized carbons (Fsp3) is 0.176. The number of nitrogens with zero attached hydrogens (tertiary/aromatic N) is 2. The van der Waals surface area contributed by atoms with E-state index in [0.29, 0.717) is 4.88 Å². The molecule has 0 saturated carbocycles. The maximum atomic E-state index is 12.5. The molecule has 112 valence electrons. The summed E-state index contributed by atoms with van der Waals surface area (Å²) in [5, 5.41) is 3.74. The molecule has 2 aromatic heterocycles. The van der Waals surface area contributed by atoms with Crippen molar-refractivity contribution in [2.24, 2.45) is 0 Å². The summed E-state index contributed by atoms with van der Waals surface area (Å²) in [5.74, 6) is -0.0789. The number of carbonyl (C=O) groups excluding carboxylic acids is 1. The van der Waals surface area contributed by atoms with Crippen molar-refractivity contribution in [1.82, 2.24) is 14.9 Å². The predicted octanol–water partition coefficient (Wildman–Crippen LogP) is 3.74. The Morgan fingerprint density at radius 3 is 2.45 bits per heavy atom. The zero-order chi connectivity index (χ0) is 15.5. The van der Waals surface area contributed by atoms with Crippen molar-refractivity contribution in [1.29, 1.82) is 0 Å². The molecule has 0 fully saturated rings. The van der Waals surface area contributed by atoms with E-state index in [9.17, 15) is 4.79 Å². The van der Waals surface area contributed by atoms with E-state index >= 15 is 0 Å². The van der Waals surface area contributed by atoms with E-state index < -0.39 is 0 Å². The summed E-state index contributed by atoms with van der Waals surface area (Å²) >= 11 is 1.40. The van der Waals surface area contributed by atoms with Crippen molar-refractivity contribution < 1.29 is 4.79 Å². The molecular weight excluding hydrogens is 294 g/mol. The number of hydrogen-bond donors (Lipinski definition) is 1. The van der Waals surface area contributed by atoms with E-state index in [2.05, 4.69) is 10.3 Å². The van der Waals surface area contributed by atoms with Crippen molar-refractivity contribution in [3.8, 4) is 16.4 Å². The third-order valence-electron chi connectivity index (χ3n) is 3.11. The molecule has 1 aromatic carbocycles. The number of benzene rings is 1. The third kappa shape index (κ3) is 2.94. The number of rotatable bonds is 4. The lowest BCUT2D eigenvalue weighted by atomic mass is 10.1. The highest BCUT2D eigenvalue weighted by atomic mass is 32.1. The quantitative estimate of drug-likeness (QED) is 0.798. The summed E-state index contributed by atoms with van der Waals surface area (Å²) in [6.07, 6.45) is 3.86. The Bertz CT molecular complexity index is 761. The summed E-state index contributed by atoms with van der Waals surface area (Å²) in [6.45, 7) is 3.90. The maximum absolute atomic E-state index is 12.5. The summed E-state index contributed by atoms with van der Waals surface area (Å²) in [4.78, 5) is 17.8. The summed E-state index contributed by atoms with van der Waals surface area (Å²) in [5.41, 5.74) is 1.68. The minimum absolute atomic E-state index is 0.0789. The monoisotopic (exact) mass is 311 g/mol.